The number of rotatable bonds is 17. The van der Waals surface area contributed by atoms with Crippen LogP contribution in [0.2, 0.25) is 0 Å². The van der Waals surface area contributed by atoms with E-state index < -0.39 is 11.8 Å². The average molecular weight is 519 g/mol. The molecule has 4 heteroatoms. The Labute approximate surface area is 228 Å². The molecule has 0 amide bonds. The van der Waals surface area contributed by atoms with Crippen molar-refractivity contribution in [1.29, 1.82) is 0 Å². The van der Waals surface area contributed by atoms with Crippen LogP contribution >= 0.6 is 0 Å². The summed E-state index contributed by atoms with van der Waals surface area (Å²) in [5, 5.41) is 0. The molecule has 0 spiro atoms. The molecule has 3 nitrogen and oxygen atoms in total. The van der Waals surface area contributed by atoms with Gasteiger partial charge < -0.3 is 9.47 Å². The van der Waals surface area contributed by atoms with Crippen LogP contribution in [0.15, 0.2) is 66.7 Å². The summed E-state index contributed by atoms with van der Waals surface area (Å²) in [6.45, 7) is 4.90. The highest BCUT2D eigenvalue weighted by molar-refractivity contribution is 5.91. The van der Waals surface area contributed by atoms with Gasteiger partial charge in [0.2, 0.25) is 0 Å². The zero-order valence-electron chi connectivity index (χ0n) is 23.1. The van der Waals surface area contributed by atoms with Crippen LogP contribution in [-0.4, -0.2) is 12.6 Å². The minimum Gasteiger partial charge on any atom is -0.491 e. The van der Waals surface area contributed by atoms with E-state index >= 15 is 0 Å². The molecule has 38 heavy (non-hydrogen) atoms. The molecular formula is C34H43FO3. The van der Waals surface area contributed by atoms with Gasteiger partial charge in [-0.15, -0.1) is 0 Å². The number of aryl methyl sites for hydroxylation is 1. The summed E-state index contributed by atoms with van der Waals surface area (Å²) in [7, 11) is 0. The Morgan fingerprint density at radius 3 is 1.89 bits per heavy atom. The third-order valence-electron chi connectivity index (χ3n) is 6.84. The van der Waals surface area contributed by atoms with Gasteiger partial charge in [0.25, 0.3) is 0 Å². The topological polar surface area (TPSA) is 35.5 Å². The molecule has 0 fully saturated rings. The van der Waals surface area contributed by atoms with Crippen LogP contribution in [0.1, 0.15) is 100 Å². The largest absolute Gasteiger partial charge is 0.491 e. The summed E-state index contributed by atoms with van der Waals surface area (Å²) in [4.78, 5) is 12.6. The molecule has 0 bridgehead atoms. The number of unbranched alkanes of at least 4 members (excludes halogenated alkanes) is 9. The molecule has 0 aromatic heterocycles. The second-order valence-corrected chi connectivity index (χ2v) is 10.0. The van der Waals surface area contributed by atoms with Gasteiger partial charge in [0.05, 0.1) is 12.2 Å². The number of halogens is 1. The van der Waals surface area contributed by atoms with Crippen molar-refractivity contribution in [2.45, 2.75) is 90.9 Å². The molecule has 0 aliphatic heterocycles. The van der Waals surface area contributed by atoms with Crippen LogP contribution in [0.4, 0.5) is 4.39 Å². The monoisotopic (exact) mass is 518 g/mol. The van der Waals surface area contributed by atoms with Crippen molar-refractivity contribution < 1.29 is 18.7 Å². The van der Waals surface area contributed by atoms with Crippen molar-refractivity contribution in [3.63, 3.8) is 0 Å². The zero-order valence-corrected chi connectivity index (χ0v) is 23.1. The Hall–Kier alpha value is -3.14. The van der Waals surface area contributed by atoms with Gasteiger partial charge in [-0.3, -0.25) is 0 Å². The lowest BCUT2D eigenvalue weighted by molar-refractivity contribution is 0.0734. The van der Waals surface area contributed by atoms with Gasteiger partial charge in [0, 0.05) is 0 Å². The van der Waals surface area contributed by atoms with E-state index in [1.165, 1.54) is 75.5 Å². The fourth-order valence-electron chi connectivity index (χ4n) is 4.49. The molecule has 0 heterocycles. The molecule has 0 radical (unpaired) electrons. The maximum atomic E-state index is 14.5. The summed E-state index contributed by atoms with van der Waals surface area (Å²) in [6.07, 6.45) is 14.4. The third-order valence-corrected chi connectivity index (χ3v) is 6.84. The molecule has 0 aliphatic carbocycles. The van der Waals surface area contributed by atoms with Gasteiger partial charge in [0.1, 0.15) is 5.75 Å². The first-order chi connectivity index (χ1) is 18.6. The van der Waals surface area contributed by atoms with E-state index in [4.69, 9.17) is 9.47 Å². The summed E-state index contributed by atoms with van der Waals surface area (Å²) < 4.78 is 25.5. The summed E-state index contributed by atoms with van der Waals surface area (Å²) in [6, 6.07) is 20.3. The zero-order chi connectivity index (χ0) is 27.0. The second kappa shape index (κ2) is 16.7. The quantitative estimate of drug-likeness (QED) is 0.101. The molecule has 3 aromatic rings. The van der Waals surface area contributed by atoms with Gasteiger partial charge in [0.15, 0.2) is 11.6 Å². The van der Waals surface area contributed by atoms with Crippen LogP contribution in [-0.2, 0) is 6.42 Å². The van der Waals surface area contributed by atoms with Gasteiger partial charge in [-0.1, -0.05) is 108 Å². The number of carbonyl (C=O) groups is 1. The maximum Gasteiger partial charge on any atom is 0.343 e. The SMILES string of the molecule is CCCCCCCCOc1ccc(C(=O)Oc2ccc(-c3ccc(CCCCCCC)cc3)cc2)cc1F. The smallest absolute Gasteiger partial charge is 0.343 e. The number of hydrogen-bond acceptors (Lipinski definition) is 3. The van der Waals surface area contributed by atoms with Crippen molar-refractivity contribution in [2.24, 2.45) is 0 Å². The Morgan fingerprint density at radius 1 is 0.684 bits per heavy atom. The van der Waals surface area contributed by atoms with Gasteiger partial charge in [-0.25, -0.2) is 9.18 Å². The highest BCUT2D eigenvalue weighted by atomic mass is 19.1. The Kier molecular flexibility index (Phi) is 12.9. The predicted molar refractivity (Wildman–Crippen MR) is 155 cm³/mol. The van der Waals surface area contributed by atoms with Crippen molar-refractivity contribution in [3.8, 4) is 22.6 Å². The maximum absolute atomic E-state index is 14.5. The van der Waals surface area contributed by atoms with E-state index in [1.807, 2.05) is 12.1 Å². The van der Waals surface area contributed by atoms with E-state index in [0.29, 0.717) is 12.4 Å². The molecule has 0 saturated heterocycles. The number of esters is 1. The van der Waals surface area contributed by atoms with Gasteiger partial charge in [-0.05, 0) is 66.3 Å². The molecule has 0 aliphatic rings. The Bertz CT molecular complexity index is 1090. The summed E-state index contributed by atoms with van der Waals surface area (Å²) in [5.41, 5.74) is 3.69. The molecule has 0 atom stereocenters. The minimum absolute atomic E-state index is 0.156. The van der Waals surface area contributed by atoms with Crippen molar-refractivity contribution >= 4 is 5.97 Å². The molecule has 3 aromatic carbocycles. The number of carbonyl (C=O) groups excluding carboxylic acids is 1. The molecule has 204 valence electrons. The van der Waals surface area contributed by atoms with Crippen molar-refractivity contribution in [1.82, 2.24) is 0 Å². The van der Waals surface area contributed by atoms with Crippen LogP contribution < -0.4 is 9.47 Å². The van der Waals surface area contributed by atoms with Crippen LogP contribution in [0.3, 0.4) is 0 Å². The van der Waals surface area contributed by atoms with E-state index in [-0.39, 0.29) is 11.3 Å². The predicted octanol–water partition coefficient (Wildman–Crippen LogP) is 9.96. The fraction of sp³-hybridized carbons (Fsp3) is 0.441. The highest BCUT2D eigenvalue weighted by Gasteiger charge is 2.13. The van der Waals surface area contributed by atoms with Gasteiger partial charge in [-0.2, -0.15) is 0 Å². The van der Waals surface area contributed by atoms with E-state index in [0.717, 1.165) is 30.4 Å². The standard InChI is InChI=1S/C34H43FO3/c1-3-5-7-9-11-13-25-37-33-24-21-30(26-32(33)35)34(36)38-31-22-19-29(20-23-31)28-17-15-27(16-18-28)14-12-10-8-6-4-2/h15-24,26H,3-14,25H2,1-2H3. The summed E-state index contributed by atoms with van der Waals surface area (Å²) >= 11 is 0. The number of benzene rings is 3. The van der Waals surface area contributed by atoms with Crippen LogP contribution in [0, 0.1) is 5.82 Å². The first-order valence-corrected chi connectivity index (χ1v) is 14.4. The third kappa shape index (κ3) is 9.96. The lowest BCUT2D eigenvalue weighted by atomic mass is 10.0. The highest BCUT2D eigenvalue weighted by Crippen LogP contribution is 2.25. The van der Waals surface area contributed by atoms with E-state index in [9.17, 15) is 9.18 Å². The summed E-state index contributed by atoms with van der Waals surface area (Å²) in [5.74, 6) is -0.555. The molecule has 0 saturated carbocycles. The molecular weight excluding hydrogens is 475 g/mol. The van der Waals surface area contributed by atoms with Crippen LogP contribution in [0.25, 0.3) is 11.1 Å². The van der Waals surface area contributed by atoms with E-state index in [1.54, 1.807) is 18.2 Å². The first kappa shape index (κ1) is 29.4. The second-order valence-electron chi connectivity index (χ2n) is 10.0. The first-order valence-electron chi connectivity index (χ1n) is 14.4. The minimum atomic E-state index is -0.595. The Balaban J connectivity index is 1.46. The van der Waals surface area contributed by atoms with Crippen molar-refractivity contribution in [3.05, 3.63) is 83.7 Å². The lowest BCUT2D eigenvalue weighted by Gasteiger charge is -2.10. The van der Waals surface area contributed by atoms with Crippen LogP contribution in [0.5, 0.6) is 11.5 Å². The molecule has 3 rings (SSSR count). The number of hydrogen-bond donors (Lipinski definition) is 0. The van der Waals surface area contributed by atoms with Gasteiger partial charge >= 0.3 is 5.97 Å². The molecule has 0 unspecified atom stereocenters. The lowest BCUT2D eigenvalue weighted by Crippen LogP contribution is -2.09. The average Bonchev–Trinajstić information content (AvgIpc) is 2.94. The van der Waals surface area contributed by atoms with E-state index in [2.05, 4.69) is 38.1 Å². The molecule has 0 N–H and O–H groups in total. The van der Waals surface area contributed by atoms with Crippen molar-refractivity contribution in [2.75, 3.05) is 6.61 Å². The number of ether oxygens (including phenoxy) is 2. The fourth-order valence-corrected chi connectivity index (χ4v) is 4.49. The Morgan fingerprint density at radius 2 is 1.26 bits per heavy atom. The normalized spacial score (nSPS) is 10.9.